The molecule has 0 N–H and O–H groups in total. The van der Waals surface area contributed by atoms with Gasteiger partial charge in [0.25, 0.3) is 5.91 Å². The lowest BCUT2D eigenvalue weighted by molar-refractivity contribution is 0.0661. The molecule has 0 bridgehead atoms. The zero-order chi connectivity index (χ0) is 18.1. The molecule has 0 aromatic carbocycles. The summed E-state index contributed by atoms with van der Waals surface area (Å²) in [6, 6.07) is 1.88. The molecule has 6 nitrogen and oxygen atoms in total. The molecule has 3 heterocycles. The first-order valence-corrected chi connectivity index (χ1v) is 9.87. The Morgan fingerprint density at radius 2 is 1.92 bits per heavy atom. The monoisotopic (exact) mass is 356 g/mol. The third kappa shape index (κ3) is 3.41. The lowest BCUT2D eigenvalue weighted by Crippen LogP contribution is -2.39. The van der Waals surface area contributed by atoms with E-state index in [1.165, 1.54) is 19.3 Å². The highest BCUT2D eigenvalue weighted by Gasteiger charge is 2.30. The Morgan fingerprint density at radius 1 is 1.15 bits per heavy atom. The number of likely N-dealkylation sites (tertiary alicyclic amines) is 1. The third-order valence-corrected chi connectivity index (χ3v) is 5.87. The molecule has 6 heteroatoms. The van der Waals surface area contributed by atoms with E-state index in [0.717, 1.165) is 49.4 Å². The summed E-state index contributed by atoms with van der Waals surface area (Å²) in [4.78, 5) is 19.5. The van der Waals surface area contributed by atoms with Crippen molar-refractivity contribution >= 4 is 5.91 Å². The number of piperidine rings is 1. The van der Waals surface area contributed by atoms with Gasteiger partial charge in [0, 0.05) is 44.2 Å². The number of rotatable bonds is 3. The van der Waals surface area contributed by atoms with Crippen LogP contribution in [0.5, 0.6) is 0 Å². The first-order chi connectivity index (χ1) is 12.6. The van der Waals surface area contributed by atoms with Crippen LogP contribution < -0.4 is 0 Å². The number of carbonyl (C=O) groups excluding carboxylic acids is 1. The normalized spacial score (nSPS) is 21.9. The molecule has 1 aliphatic carbocycles. The van der Waals surface area contributed by atoms with Crippen LogP contribution in [0.15, 0.2) is 16.8 Å². The van der Waals surface area contributed by atoms with Gasteiger partial charge in [-0.15, -0.1) is 0 Å². The van der Waals surface area contributed by atoms with Gasteiger partial charge >= 0.3 is 0 Å². The second kappa shape index (κ2) is 7.25. The van der Waals surface area contributed by atoms with E-state index in [0.29, 0.717) is 18.2 Å². The largest absolute Gasteiger partial charge is 0.351 e. The lowest BCUT2D eigenvalue weighted by Gasteiger charge is -2.31. The number of hydrogen-bond donors (Lipinski definition) is 0. The van der Waals surface area contributed by atoms with E-state index in [1.807, 2.05) is 31.1 Å². The van der Waals surface area contributed by atoms with Crippen LogP contribution in [-0.4, -0.2) is 38.6 Å². The molecule has 140 valence electrons. The van der Waals surface area contributed by atoms with Crippen LogP contribution in [0, 0.1) is 6.92 Å². The van der Waals surface area contributed by atoms with Crippen LogP contribution in [0.3, 0.4) is 0 Å². The summed E-state index contributed by atoms with van der Waals surface area (Å²) in [6.07, 6.45) is 10.2. The smallest absolute Gasteiger partial charge is 0.292 e. The standard InChI is InChI=1S/C20H28N4O2/c1-14-12-23(2)19(21-14)16-9-6-10-24(13-16)20(25)18-11-17(22-26-18)15-7-4-3-5-8-15/h11-12,15-16H,3-10,13H2,1-2H3. The lowest BCUT2D eigenvalue weighted by atomic mass is 9.87. The molecular formula is C20H28N4O2. The SMILES string of the molecule is Cc1cn(C)c(C2CCCN(C(=O)c3cc(C4CCCCC4)no3)C2)n1. The Balaban J connectivity index is 1.46. The van der Waals surface area contributed by atoms with E-state index < -0.39 is 0 Å². The second-order valence-electron chi connectivity index (χ2n) is 7.89. The molecular weight excluding hydrogens is 328 g/mol. The van der Waals surface area contributed by atoms with Gasteiger partial charge in [0.05, 0.1) is 11.4 Å². The van der Waals surface area contributed by atoms with Crippen LogP contribution in [0.25, 0.3) is 0 Å². The van der Waals surface area contributed by atoms with Crippen molar-refractivity contribution in [3.05, 3.63) is 35.2 Å². The van der Waals surface area contributed by atoms with Gasteiger partial charge in [-0.3, -0.25) is 4.79 Å². The van der Waals surface area contributed by atoms with Crippen molar-refractivity contribution in [2.75, 3.05) is 13.1 Å². The van der Waals surface area contributed by atoms with Gasteiger partial charge in [-0.2, -0.15) is 0 Å². The maximum absolute atomic E-state index is 12.9. The van der Waals surface area contributed by atoms with E-state index in [1.54, 1.807) is 0 Å². The minimum absolute atomic E-state index is 0.0322. The van der Waals surface area contributed by atoms with Gasteiger partial charge in [-0.25, -0.2) is 4.98 Å². The Labute approximate surface area is 154 Å². The van der Waals surface area contributed by atoms with Crippen LogP contribution >= 0.6 is 0 Å². The van der Waals surface area contributed by atoms with Crippen molar-refractivity contribution in [3.63, 3.8) is 0 Å². The highest BCUT2D eigenvalue weighted by Crippen LogP contribution is 2.33. The molecule has 1 saturated carbocycles. The van der Waals surface area contributed by atoms with Crippen LogP contribution in [0.4, 0.5) is 0 Å². The van der Waals surface area contributed by atoms with Gasteiger partial charge in [0.2, 0.25) is 5.76 Å². The summed E-state index contributed by atoms with van der Waals surface area (Å²) in [5.41, 5.74) is 1.99. The van der Waals surface area contributed by atoms with Crippen molar-refractivity contribution in [2.24, 2.45) is 7.05 Å². The number of imidazole rings is 1. The summed E-state index contributed by atoms with van der Waals surface area (Å²) in [5.74, 6) is 2.17. The molecule has 2 aliphatic rings. The van der Waals surface area contributed by atoms with Crippen molar-refractivity contribution < 1.29 is 9.32 Å². The van der Waals surface area contributed by atoms with Gasteiger partial charge in [-0.1, -0.05) is 24.4 Å². The first kappa shape index (κ1) is 17.3. The molecule has 0 spiro atoms. The zero-order valence-corrected chi connectivity index (χ0v) is 15.8. The maximum Gasteiger partial charge on any atom is 0.292 e. The Bertz CT molecular complexity index is 773. The zero-order valence-electron chi connectivity index (χ0n) is 15.8. The topological polar surface area (TPSA) is 64.2 Å². The number of amides is 1. The molecule has 1 atom stereocenters. The maximum atomic E-state index is 12.9. The average molecular weight is 356 g/mol. The summed E-state index contributed by atoms with van der Waals surface area (Å²) >= 11 is 0. The van der Waals surface area contributed by atoms with Crippen molar-refractivity contribution in [1.82, 2.24) is 19.6 Å². The van der Waals surface area contributed by atoms with Crippen LogP contribution in [0.2, 0.25) is 0 Å². The molecule has 1 saturated heterocycles. The number of nitrogens with zero attached hydrogens (tertiary/aromatic N) is 4. The number of carbonyl (C=O) groups is 1. The Morgan fingerprint density at radius 3 is 2.65 bits per heavy atom. The fraction of sp³-hybridized carbons (Fsp3) is 0.650. The minimum atomic E-state index is -0.0322. The van der Waals surface area contributed by atoms with Gasteiger partial charge in [0.15, 0.2) is 0 Å². The van der Waals surface area contributed by atoms with E-state index in [2.05, 4.69) is 14.7 Å². The molecule has 26 heavy (non-hydrogen) atoms. The van der Waals surface area contributed by atoms with Gasteiger partial charge in [0.1, 0.15) is 5.82 Å². The predicted molar refractivity (Wildman–Crippen MR) is 98.2 cm³/mol. The molecule has 1 aliphatic heterocycles. The summed E-state index contributed by atoms with van der Waals surface area (Å²) in [6.45, 7) is 3.48. The molecule has 2 aromatic heterocycles. The molecule has 1 unspecified atom stereocenters. The second-order valence-corrected chi connectivity index (χ2v) is 7.89. The van der Waals surface area contributed by atoms with Gasteiger partial charge < -0.3 is 14.0 Å². The average Bonchev–Trinajstić information content (AvgIpc) is 3.28. The fourth-order valence-corrected chi connectivity index (χ4v) is 4.52. The molecule has 1 amide bonds. The fourth-order valence-electron chi connectivity index (χ4n) is 4.52. The molecule has 2 fully saturated rings. The van der Waals surface area contributed by atoms with Crippen molar-refractivity contribution in [2.45, 2.75) is 63.7 Å². The third-order valence-electron chi connectivity index (χ3n) is 5.87. The minimum Gasteiger partial charge on any atom is -0.351 e. The molecule has 0 radical (unpaired) electrons. The highest BCUT2D eigenvalue weighted by atomic mass is 16.5. The van der Waals surface area contributed by atoms with Crippen LogP contribution in [0.1, 0.15) is 84.5 Å². The van der Waals surface area contributed by atoms with Crippen LogP contribution in [-0.2, 0) is 7.05 Å². The Kier molecular flexibility index (Phi) is 4.83. The molecule has 4 rings (SSSR count). The van der Waals surface area contributed by atoms with E-state index in [9.17, 15) is 4.79 Å². The van der Waals surface area contributed by atoms with Crippen molar-refractivity contribution in [3.8, 4) is 0 Å². The van der Waals surface area contributed by atoms with E-state index >= 15 is 0 Å². The van der Waals surface area contributed by atoms with E-state index in [-0.39, 0.29) is 11.8 Å². The van der Waals surface area contributed by atoms with E-state index in [4.69, 9.17) is 4.52 Å². The highest BCUT2D eigenvalue weighted by molar-refractivity contribution is 5.91. The summed E-state index contributed by atoms with van der Waals surface area (Å²) in [5, 5.41) is 4.21. The van der Waals surface area contributed by atoms with Gasteiger partial charge in [-0.05, 0) is 32.6 Å². The number of aryl methyl sites for hydroxylation is 2. The first-order valence-electron chi connectivity index (χ1n) is 9.87. The number of aromatic nitrogens is 3. The molecule has 2 aromatic rings. The number of hydrogen-bond acceptors (Lipinski definition) is 4. The summed E-state index contributed by atoms with van der Waals surface area (Å²) < 4.78 is 7.53. The van der Waals surface area contributed by atoms with Crippen molar-refractivity contribution in [1.29, 1.82) is 0 Å². The predicted octanol–water partition coefficient (Wildman–Crippen LogP) is 3.78. The Hall–Kier alpha value is -2.11. The summed E-state index contributed by atoms with van der Waals surface area (Å²) in [7, 11) is 2.03. The quantitative estimate of drug-likeness (QED) is 0.839.